The Morgan fingerprint density at radius 1 is 0.500 bits per heavy atom. The molecule has 0 fully saturated rings. The molecule has 0 amide bonds. The van der Waals surface area contributed by atoms with E-state index >= 15 is 0 Å². The summed E-state index contributed by atoms with van der Waals surface area (Å²) in [6.45, 7) is 0. The molecule has 0 bridgehead atoms. The van der Waals surface area contributed by atoms with Gasteiger partial charge in [0.05, 0.1) is 0 Å². The van der Waals surface area contributed by atoms with E-state index in [1.807, 2.05) is 48.5 Å². The molecule has 2 heterocycles. The quantitative estimate of drug-likeness (QED) is 0.711. The molecule has 2 aliphatic heterocycles. The number of hydrogen-bond donors (Lipinski definition) is 0. The molecule has 0 N–H and O–H groups in total. The summed E-state index contributed by atoms with van der Waals surface area (Å²) in [4.78, 5) is 0. The average Bonchev–Trinajstić information content (AvgIpc) is 3.02. The van der Waals surface area contributed by atoms with Crippen LogP contribution >= 0.6 is 0 Å². The van der Waals surface area contributed by atoms with Crippen LogP contribution in [0.4, 0.5) is 0 Å². The van der Waals surface area contributed by atoms with E-state index in [4.69, 9.17) is 18.6 Å². The maximum Gasteiger partial charge on any atom is 0.658 e. The van der Waals surface area contributed by atoms with Crippen molar-refractivity contribution in [3.05, 3.63) is 48.5 Å². The zero-order valence-corrected chi connectivity index (χ0v) is 9.41. The number of hydrogen-bond acceptors (Lipinski definition) is 4. The second-order valence-corrected chi connectivity index (χ2v) is 4.10. The lowest BCUT2D eigenvalue weighted by atomic mass is 9.49. The maximum absolute atomic E-state index is 5.65. The second kappa shape index (κ2) is 3.63. The van der Waals surface area contributed by atoms with Gasteiger partial charge in [-0.05, 0) is 24.3 Å². The molecular formula is C12H8B2O4. The van der Waals surface area contributed by atoms with Crippen LogP contribution in [0.2, 0.25) is 0 Å². The molecule has 0 saturated heterocycles. The summed E-state index contributed by atoms with van der Waals surface area (Å²) >= 11 is 0. The minimum atomic E-state index is -0.574. The van der Waals surface area contributed by atoms with Gasteiger partial charge in [-0.2, -0.15) is 0 Å². The van der Waals surface area contributed by atoms with Crippen LogP contribution in [0.25, 0.3) is 0 Å². The third-order valence-electron chi connectivity index (χ3n) is 2.89. The molecule has 0 spiro atoms. The number of para-hydroxylation sites is 4. The molecule has 4 nitrogen and oxygen atoms in total. The Hall–Kier alpha value is -2.23. The third kappa shape index (κ3) is 1.42. The molecular weight excluding hydrogens is 230 g/mol. The molecule has 0 radical (unpaired) electrons. The summed E-state index contributed by atoms with van der Waals surface area (Å²) in [6.07, 6.45) is 0. The largest absolute Gasteiger partial charge is 0.658 e. The van der Waals surface area contributed by atoms with Crippen LogP contribution in [-0.4, -0.2) is 14.0 Å². The van der Waals surface area contributed by atoms with E-state index in [1.54, 1.807) is 0 Å². The van der Waals surface area contributed by atoms with E-state index in [0.29, 0.717) is 23.0 Å². The molecule has 2 aromatic rings. The molecule has 4 rings (SSSR count). The van der Waals surface area contributed by atoms with Crippen molar-refractivity contribution in [3.63, 3.8) is 0 Å². The van der Waals surface area contributed by atoms with Gasteiger partial charge in [0.2, 0.25) is 0 Å². The minimum Gasteiger partial charge on any atom is -0.524 e. The van der Waals surface area contributed by atoms with Crippen molar-refractivity contribution in [2.45, 2.75) is 0 Å². The van der Waals surface area contributed by atoms with Crippen molar-refractivity contribution in [2.24, 2.45) is 0 Å². The van der Waals surface area contributed by atoms with Crippen molar-refractivity contribution in [3.8, 4) is 23.0 Å². The molecule has 6 heteroatoms. The zero-order chi connectivity index (χ0) is 11.9. The zero-order valence-electron chi connectivity index (χ0n) is 9.41. The van der Waals surface area contributed by atoms with Crippen molar-refractivity contribution in [1.29, 1.82) is 0 Å². The SMILES string of the molecule is c1ccc2c(c1)OB(B1Oc3ccccc3O1)O2. The van der Waals surface area contributed by atoms with Crippen molar-refractivity contribution in [2.75, 3.05) is 0 Å². The third-order valence-corrected chi connectivity index (χ3v) is 2.89. The van der Waals surface area contributed by atoms with Gasteiger partial charge in [-0.3, -0.25) is 0 Å². The van der Waals surface area contributed by atoms with Crippen LogP contribution in [0, 0.1) is 0 Å². The Balaban J connectivity index is 1.56. The van der Waals surface area contributed by atoms with E-state index < -0.39 is 14.0 Å². The highest BCUT2D eigenvalue weighted by molar-refractivity contribution is 7.12. The summed E-state index contributed by atoms with van der Waals surface area (Å²) in [5.74, 6) is 2.85. The van der Waals surface area contributed by atoms with Gasteiger partial charge >= 0.3 is 14.0 Å². The van der Waals surface area contributed by atoms with E-state index in [-0.39, 0.29) is 0 Å². The highest BCUT2D eigenvalue weighted by Gasteiger charge is 2.54. The fourth-order valence-electron chi connectivity index (χ4n) is 2.06. The standard InChI is InChI=1S/C12H8B2O4/c1-2-6-10-9(5-1)15-13(16-10)14-17-11-7-3-4-8-12(11)18-14/h1-8H. The Kier molecular flexibility index (Phi) is 1.97. The van der Waals surface area contributed by atoms with Gasteiger partial charge in [0, 0.05) is 0 Å². The predicted octanol–water partition coefficient (Wildman–Crippen LogP) is 1.98. The first-order valence-electron chi connectivity index (χ1n) is 5.75. The fourth-order valence-corrected chi connectivity index (χ4v) is 2.06. The van der Waals surface area contributed by atoms with E-state index in [1.165, 1.54) is 0 Å². The number of rotatable bonds is 1. The van der Waals surface area contributed by atoms with Gasteiger partial charge in [0.1, 0.15) is 23.0 Å². The van der Waals surface area contributed by atoms with Gasteiger partial charge in [-0.15, -0.1) is 0 Å². The molecule has 0 aromatic heterocycles. The van der Waals surface area contributed by atoms with Crippen LogP contribution in [0.15, 0.2) is 48.5 Å². The first kappa shape index (κ1) is 9.76. The van der Waals surface area contributed by atoms with E-state index in [2.05, 4.69) is 0 Å². The number of benzene rings is 2. The van der Waals surface area contributed by atoms with Crippen LogP contribution < -0.4 is 18.6 Å². The van der Waals surface area contributed by atoms with Gasteiger partial charge in [0.25, 0.3) is 0 Å². The Bertz CT molecular complexity index is 501. The molecule has 0 atom stereocenters. The first-order valence-corrected chi connectivity index (χ1v) is 5.75. The predicted molar refractivity (Wildman–Crippen MR) is 66.9 cm³/mol. The van der Waals surface area contributed by atoms with Crippen molar-refractivity contribution >= 4 is 14.0 Å². The summed E-state index contributed by atoms with van der Waals surface area (Å²) in [5, 5.41) is 0. The van der Waals surface area contributed by atoms with Crippen LogP contribution in [0.3, 0.4) is 0 Å². The van der Waals surface area contributed by atoms with Gasteiger partial charge in [-0.25, -0.2) is 0 Å². The highest BCUT2D eigenvalue weighted by atomic mass is 16.7. The van der Waals surface area contributed by atoms with E-state index in [9.17, 15) is 0 Å². The highest BCUT2D eigenvalue weighted by Crippen LogP contribution is 2.37. The topological polar surface area (TPSA) is 36.9 Å². The molecule has 2 aliphatic rings. The lowest BCUT2D eigenvalue weighted by Gasteiger charge is -2.06. The smallest absolute Gasteiger partial charge is 0.524 e. The summed E-state index contributed by atoms with van der Waals surface area (Å²) in [6, 6.07) is 15.0. The van der Waals surface area contributed by atoms with E-state index in [0.717, 1.165) is 0 Å². The Labute approximate surface area is 105 Å². The molecule has 0 unspecified atom stereocenters. The monoisotopic (exact) mass is 238 g/mol. The molecule has 86 valence electrons. The first-order chi connectivity index (χ1) is 8.90. The summed E-state index contributed by atoms with van der Waals surface area (Å²) in [5.41, 5.74) is 0. The normalized spacial score (nSPS) is 15.1. The van der Waals surface area contributed by atoms with Crippen LogP contribution in [0.1, 0.15) is 0 Å². The molecule has 0 aliphatic carbocycles. The van der Waals surface area contributed by atoms with Gasteiger partial charge < -0.3 is 18.6 Å². The number of fused-ring (bicyclic) bond motifs is 2. The van der Waals surface area contributed by atoms with Crippen molar-refractivity contribution < 1.29 is 18.6 Å². The molecule has 0 saturated carbocycles. The lowest BCUT2D eigenvalue weighted by Crippen LogP contribution is -2.49. The van der Waals surface area contributed by atoms with Crippen LogP contribution in [0.5, 0.6) is 23.0 Å². The summed E-state index contributed by atoms with van der Waals surface area (Å²) < 4.78 is 22.6. The fraction of sp³-hybridized carbons (Fsp3) is 0. The minimum absolute atomic E-state index is 0.574. The molecule has 2 aromatic carbocycles. The molecule has 18 heavy (non-hydrogen) atoms. The Morgan fingerprint density at radius 2 is 0.778 bits per heavy atom. The lowest BCUT2D eigenvalue weighted by molar-refractivity contribution is 0.464. The van der Waals surface area contributed by atoms with Crippen LogP contribution in [-0.2, 0) is 0 Å². The van der Waals surface area contributed by atoms with Gasteiger partial charge in [-0.1, -0.05) is 24.3 Å². The summed E-state index contributed by atoms with van der Waals surface area (Å²) in [7, 11) is -1.15. The average molecular weight is 238 g/mol. The Morgan fingerprint density at radius 3 is 1.06 bits per heavy atom. The maximum atomic E-state index is 5.65. The second-order valence-electron chi connectivity index (χ2n) is 4.10. The van der Waals surface area contributed by atoms with Crippen molar-refractivity contribution in [1.82, 2.24) is 0 Å². The van der Waals surface area contributed by atoms with Gasteiger partial charge in [0.15, 0.2) is 0 Å².